The van der Waals surface area contributed by atoms with E-state index < -0.39 is 11.0 Å². The van der Waals surface area contributed by atoms with Crippen LogP contribution in [0.25, 0.3) is 0 Å². The number of aryl methyl sites for hydroxylation is 1. The van der Waals surface area contributed by atoms with E-state index in [1.54, 1.807) is 0 Å². The van der Waals surface area contributed by atoms with Crippen LogP contribution in [0.15, 0.2) is 6.20 Å². The van der Waals surface area contributed by atoms with Gasteiger partial charge in [-0.3, -0.25) is 20.1 Å². The summed E-state index contributed by atoms with van der Waals surface area (Å²) in [5.41, 5.74) is -0.342. The molecule has 0 saturated heterocycles. The molecule has 0 fully saturated rings. The van der Waals surface area contributed by atoms with Crippen molar-refractivity contribution in [2.24, 2.45) is 0 Å². The van der Waals surface area contributed by atoms with Gasteiger partial charge in [0.2, 0.25) is 5.82 Å². The maximum atomic E-state index is 10.5. The number of anilines is 1. The summed E-state index contributed by atoms with van der Waals surface area (Å²) in [6, 6.07) is 0. The lowest BCUT2D eigenvalue weighted by Crippen LogP contribution is -2.09. The topological polar surface area (TPSA) is 110 Å². The molecular formula is C7H10N4O4. The summed E-state index contributed by atoms with van der Waals surface area (Å²) in [4.78, 5) is 20.2. The number of hydrogen-bond acceptors (Lipinski definition) is 4. The van der Waals surface area contributed by atoms with Crippen LogP contribution in [0.3, 0.4) is 0 Å². The van der Waals surface area contributed by atoms with Crippen molar-refractivity contribution in [2.75, 3.05) is 5.32 Å². The third-order valence-corrected chi connectivity index (χ3v) is 1.62. The maximum absolute atomic E-state index is 10.5. The van der Waals surface area contributed by atoms with Crippen LogP contribution < -0.4 is 5.32 Å². The van der Waals surface area contributed by atoms with Crippen molar-refractivity contribution in [1.29, 1.82) is 0 Å². The number of rotatable bonds is 4. The van der Waals surface area contributed by atoms with Gasteiger partial charge in [0, 0.05) is 6.54 Å². The average Bonchev–Trinajstić information content (AvgIpc) is 2.47. The molecule has 0 unspecified atom stereocenters. The number of carboxylic acid groups (broad SMARTS) is 1. The van der Waals surface area contributed by atoms with Crippen LogP contribution in [0.1, 0.15) is 13.3 Å². The molecule has 1 heterocycles. The Morgan fingerprint density at radius 1 is 1.80 bits per heavy atom. The van der Waals surface area contributed by atoms with Gasteiger partial charge in [-0.15, -0.1) is 5.10 Å². The van der Waals surface area contributed by atoms with Gasteiger partial charge in [-0.25, -0.2) is 4.79 Å². The molecule has 0 aliphatic heterocycles. The zero-order valence-electron chi connectivity index (χ0n) is 8.01. The van der Waals surface area contributed by atoms with Crippen molar-refractivity contribution >= 4 is 17.6 Å². The zero-order valence-corrected chi connectivity index (χ0v) is 8.01. The highest BCUT2D eigenvalue weighted by molar-refractivity contribution is 5.84. The number of hydrogen-bond donors (Lipinski definition) is 2. The van der Waals surface area contributed by atoms with Gasteiger partial charge in [0.25, 0.3) is 0 Å². The predicted octanol–water partition coefficient (Wildman–Crippen LogP) is 1.29. The summed E-state index contributed by atoms with van der Waals surface area (Å²) in [7, 11) is 0. The van der Waals surface area contributed by atoms with Gasteiger partial charge in [0.05, 0.1) is 4.92 Å². The number of carbonyl (C=O) groups is 1. The molecule has 0 spiro atoms. The van der Waals surface area contributed by atoms with Crippen LogP contribution >= 0.6 is 0 Å². The Bertz CT molecular complexity index is 386. The first-order valence-corrected chi connectivity index (χ1v) is 4.26. The summed E-state index contributed by atoms with van der Waals surface area (Å²) in [6.45, 7) is 2.39. The van der Waals surface area contributed by atoms with Crippen LogP contribution in [0, 0.1) is 10.1 Å². The van der Waals surface area contributed by atoms with Crippen LogP contribution in [-0.2, 0) is 6.54 Å². The largest absolute Gasteiger partial charge is 0.465 e. The Morgan fingerprint density at radius 2 is 2.47 bits per heavy atom. The standard InChI is InChI=1S/C7H10N4O4/c1-2-3-10-4-5(11(14)15)6(9-10)8-7(12)13/h4H,2-3H2,1H3,(H,8,9)(H,12,13). The summed E-state index contributed by atoms with van der Waals surface area (Å²) in [5.74, 6) is -0.249. The highest BCUT2D eigenvalue weighted by Gasteiger charge is 2.20. The van der Waals surface area contributed by atoms with E-state index in [-0.39, 0.29) is 11.5 Å². The lowest BCUT2D eigenvalue weighted by atomic mass is 10.5. The zero-order chi connectivity index (χ0) is 11.4. The quantitative estimate of drug-likeness (QED) is 0.579. The first-order chi connectivity index (χ1) is 7.04. The number of nitrogens with zero attached hydrogens (tertiary/aromatic N) is 3. The highest BCUT2D eigenvalue weighted by atomic mass is 16.6. The number of nitrogens with one attached hydrogen (secondary N) is 1. The molecule has 1 aromatic heterocycles. The van der Waals surface area contributed by atoms with Gasteiger partial charge < -0.3 is 5.11 Å². The van der Waals surface area contributed by atoms with Crippen LogP contribution in [0.4, 0.5) is 16.3 Å². The van der Waals surface area contributed by atoms with Crippen LogP contribution in [0.2, 0.25) is 0 Å². The molecule has 0 aliphatic carbocycles. The number of nitro groups is 1. The smallest absolute Gasteiger partial charge is 0.410 e. The van der Waals surface area contributed by atoms with Gasteiger partial charge in [0.15, 0.2) is 0 Å². The average molecular weight is 214 g/mol. The monoisotopic (exact) mass is 214 g/mol. The van der Waals surface area contributed by atoms with Crippen molar-refractivity contribution in [2.45, 2.75) is 19.9 Å². The van der Waals surface area contributed by atoms with Crippen LogP contribution in [0.5, 0.6) is 0 Å². The van der Waals surface area contributed by atoms with Gasteiger partial charge in [0.1, 0.15) is 6.20 Å². The first kappa shape index (κ1) is 11.0. The lowest BCUT2D eigenvalue weighted by molar-refractivity contribution is -0.384. The fourth-order valence-corrected chi connectivity index (χ4v) is 1.08. The Balaban J connectivity index is 3.00. The van der Waals surface area contributed by atoms with Crippen molar-refractivity contribution in [3.05, 3.63) is 16.3 Å². The molecule has 0 atom stereocenters. The van der Waals surface area contributed by atoms with Gasteiger partial charge in [-0.2, -0.15) is 0 Å². The fourth-order valence-electron chi connectivity index (χ4n) is 1.08. The predicted molar refractivity (Wildman–Crippen MR) is 50.8 cm³/mol. The second-order valence-corrected chi connectivity index (χ2v) is 2.81. The molecule has 8 heteroatoms. The highest BCUT2D eigenvalue weighted by Crippen LogP contribution is 2.21. The van der Waals surface area contributed by atoms with E-state index in [2.05, 4.69) is 5.10 Å². The first-order valence-electron chi connectivity index (χ1n) is 4.26. The lowest BCUT2D eigenvalue weighted by Gasteiger charge is -1.95. The van der Waals surface area contributed by atoms with Crippen molar-refractivity contribution in [3.8, 4) is 0 Å². The Kier molecular flexibility index (Phi) is 3.21. The minimum absolute atomic E-state index is 0.249. The molecule has 82 valence electrons. The maximum Gasteiger partial charge on any atom is 0.410 e. The van der Waals surface area contributed by atoms with E-state index in [0.717, 1.165) is 6.42 Å². The third-order valence-electron chi connectivity index (χ3n) is 1.62. The summed E-state index contributed by atoms with van der Waals surface area (Å²) >= 11 is 0. The molecule has 2 N–H and O–H groups in total. The second kappa shape index (κ2) is 4.40. The summed E-state index contributed by atoms with van der Waals surface area (Å²) < 4.78 is 1.34. The fraction of sp³-hybridized carbons (Fsp3) is 0.429. The summed E-state index contributed by atoms with van der Waals surface area (Å²) in [6.07, 6.45) is 0.583. The van der Waals surface area contributed by atoms with Gasteiger partial charge >= 0.3 is 11.8 Å². The van der Waals surface area contributed by atoms with Crippen LogP contribution in [-0.4, -0.2) is 25.9 Å². The Morgan fingerprint density at radius 3 is 2.93 bits per heavy atom. The van der Waals surface area contributed by atoms with E-state index >= 15 is 0 Å². The normalized spacial score (nSPS) is 9.93. The van der Waals surface area contributed by atoms with E-state index in [4.69, 9.17) is 5.11 Å². The number of aromatic nitrogens is 2. The molecule has 1 aromatic rings. The minimum atomic E-state index is -1.38. The molecule has 15 heavy (non-hydrogen) atoms. The number of amides is 1. The van der Waals surface area contributed by atoms with Gasteiger partial charge in [-0.1, -0.05) is 6.92 Å². The van der Waals surface area contributed by atoms with Crippen molar-refractivity contribution in [1.82, 2.24) is 9.78 Å². The molecule has 0 aromatic carbocycles. The molecule has 0 saturated carbocycles. The van der Waals surface area contributed by atoms with Crippen molar-refractivity contribution in [3.63, 3.8) is 0 Å². The molecule has 0 aliphatic rings. The molecular weight excluding hydrogens is 204 g/mol. The van der Waals surface area contributed by atoms with Crippen molar-refractivity contribution < 1.29 is 14.8 Å². The minimum Gasteiger partial charge on any atom is -0.465 e. The molecule has 1 amide bonds. The Labute approximate surface area is 84.7 Å². The van der Waals surface area contributed by atoms with E-state index in [1.165, 1.54) is 10.9 Å². The molecule has 0 radical (unpaired) electrons. The molecule has 0 bridgehead atoms. The van der Waals surface area contributed by atoms with E-state index in [1.807, 2.05) is 12.2 Å². The SMILES string of the molecule is CCCn1cc([N+](=O)[O-])c(NC(=O)O)n1. The summed E-state index contributed by atoms with van der Waals surface area (Å²) in [5, 5.41) is 24.6. The Hall–Kier alpha value is -2.12. The second-order valence-electron chi connectivity index (χ2n) is 2.81. The van der Waals surface area contributed by atoms with E-state index in [0.29, 0.717) is 6.54 Å². The molecule has 8 nitrogen and oxygen atoms in total. The third kappa shape index (κ3) is 2.66. The van der Waals surface area contributed by atoms with Gasteiger partial charge in [-0.05, 0) is 6.42 Å². The molecule has 1 rings (SSSR count). The van der Waals surface area contributed by atoms with E-state index in [9.17, 15) is 14.9 Å².